The fraction of sp³-hybridized carbons (Fsp3) is 0.556. The summed E-state index contributed by atoms with van der Waals surface area (Å²) in [5.74, 6) is -0.453. The topological polar surface area (TPSA) is 110 Å². The van der Waals surface area contributed by atoms with Crippen molar-refractivity contribution in [2.75, 3.05) is 24.6 Å². The third-order valence-corrected chi connectivity index (χ3v) is 5.81. The van der Waals surface area contributed by atoms with Crippen molar-refractivity contribution in [1.82, 2.24) is 14.1 Å². The molecule has 10 heteroatoms. The maximum Gasteiger partial charge on any atom is 0.325 e. The maximum atomic E-state index is 12.2. The molecule has 0 spiro atoms. The van der Waals surface area contributed by atoms with E-state index in [2.05, 4.69) is 5.10 Å². The van der Waals surface area contributed by atoms with Gasteiger partial charge in [0.25, 0.3) is 0 Å². The molecule has 0 saturated carbocycles. The molecule has 2 heterocycles. The minimum Gasteiger partial charge on any atom is -0.480 e. The van der Waals surface area contributed by atoms with Gasteiger partial charge in [-0.2, -0.15) is 9.40 Å². The first-order valence-electron chi connectivity index (χ1n) is 5.49. The van der Waals surface area contributed by atoms with Gasteiger partial charge in [-0.1, -0.05) is 0 Å². The van der Waals surface area contributed by atoms with Crippen molar-refractivity contribution in [1.29, 1.82) is 0 Å². The number of rotatable bonds is 4. The number of carboxylic acid groups (broad SMARTS) is 1. The van der Waals surface area contributed by atoms with Crippen molar-refractivity contribution in [2.45, 2.75) is 11.4 Å². The Bertz CT molecular complexity index is 599. The molecule has 0 aromatic carbocycles. The third kappa shape index (κ3) is 3.19. The Morgan fingerprint density at radius 1 is 1.42 bits per heavy atom. The summed E-state index contributed by atoms with van der Waals surface area (Å²) in [5, 5.41) is 12.3. The van der Waals surface area contributed by atoms with Crippen LogP contribution in [0.5, 0.6) is 0 Å². The van der Waals surface area contributed by atoms with E-state index < -0.39 is 26.8 Å². The molecule has 1 saturated heterocycles. The van der Waals surface area contributed by atoms with Gasteiger partial charge < -0.3 is 5.11 Å². The van der Waals surface area contributed by atoms with E-state index in [9.17, 15) is 17.4 Å². The van der Waals surface area contributed by atoms with Gasteiger partial charge in [-0.15, -0.1) is 0 Å². The normalized spacial score (nSPS) is 18.5. The molecule has 0 atom stereocenters. The maximum absolute atomic E-state index is 12.2. The highest BCUT2D eigenvalue weighted by Crippen LogP contribution is 2.16. The lowest BCUT2D eigenvalue weighted by Crippen LogP contribution is -2.41. The number of sulfonamides is 1. The molecule has 1 aliphatic heterocycles. The fourth-order valence-corrected chi connectivity index (χ4v) is 4.39. The summed E-state index contributed by atoms with van der Waals surface area (Å²) in [6.45, 7) is 0.0254. The summed E-state index contributed by atoms with van der Waals surface area (Å²) < 4.78 is 37.9. The average molecular weight is 307 g/mol. The number of carboxylic acids is 1. The van der Waals surface area contributed by atoms with E-state index in [1.54, 1.807) is 0 Å². The van der Waals surface area contributed by atoms with Crippen LogP contribution in [0.3, 0.4) is 0 Å². The Morgan fingerprint density at radius 3 is 2.63 bits per heavy atom. The Kier molecular flexibility index (Phi) is 4.02. The summed E-state index contributed by atoms with van der Waals surface area (Å²) in [5.41, 5.74) is 0. The van der Waals surface area contributed by atoms with Crippen LogP contribution in [0.2, 0.25) is 0 Å². The van der Waals surface area contributed by atoms with Crippen molar-refractivity contribution in [3.05, 3.63) is 12.4 Å². The molecule has 0 bridgehead atoms. The second-order valence-corrected chi connectivity index (χ2v) is 7.65. The highest BCUT2D eigenvalue weighted by Gasteiger charge is 2.29. The molecule has 2 rings (SSSR count). The van der Waals surface area contributed by atoms with E-state index in [1.165, 1.54) is 10.5 Å². The SMILES string of the molecule is O=C(O)Cn1cc(S(=O)(=O)N2CCS(=O)CC2)cn1. The van der Waals surface area contributed by atoms with Crippen LogP contribution in [0.15, 0.2) is 17.3 Å². The summed E-state index contributed by atoms with van der Waals surface area (Å²) in [6.07, 6.45) is 2.32. The number of aromatic nitrogens is 2. The molecule has 106 valence electrons. The van der Waals surface area contributed by atoms with Crippen LogP contribution in [-0.4, -0.2) is 62.4 Å². The Hall–Kier alpha value is -1.26. The van der Waals surface area contributed by atoms with Crippen LogP contribution < -0.4 is 0 Å². The van der Waals surface area contributed by atoms with Gasteiger partial charge in [0.15, 0.2) is 0 Å². The number of aliphatic carboxylic acids is 1. The van der Waals surface area contributed by atoms with Crippen LogP contribution in [0.25, 0.3) is 0 Å². The summed E-state index contributed by atoms with van der Waals surface area (Å²) in [4.78, 5) is 10.5. The van der Waals surface area contributed by atoms with E-state index >= 15 is 0 Å². The largest absolute Gasteiger partial charge is 0.480 e. The van der Waals surface area contributed by atoms with Crippen molar-refractivity contribution in [2.24, 2.45) is 0 Å². The predicted octanol–water partition coefficient (Wildman–Crippen LogP) is -1.28. The second kappa shape index (κ2) is 5.39. The van der Waals surface area contributed by atoms with Gasteiger partial charge in [-0.3, -0.25) is 13.7 Å². The Balaban J connectivity index is 2.17. The zero-order chi connectivity index (χ0) is 14.0. The molecule has 8 nitrogen and oxygen atoms in total. The number of carbonyl (C=O) groups is 1. The molecular formula is C9H13N3O5S2. The van der Waals surface area contributed by atoms with Gasteiger partial charge in [0.1, 0.15) is 11.4 Å². The second-order valence-electron chi connectivity index (χ2n) is 4.02. The average Bonchev–Trinajstić information content (AvgIpc) is 2.78. The molecule has 1 aromatic heterocycles. The van der Waals surface area contributed by atoms with Gasteiger partial charge in [0, 0.05) is 41.6 Å². The van der Waals surface area contributed by atoms with Gasteiger partial charge in [-0.05, 0) is 0 Å². The van der Waals surface area contributed by atoms with Crippen molar-refractivity contribution in [3.63, 3.8) is 0 Å². The zero-order valence-corrected chi connectivity index (χ0v) is 11.6. The first-order valence-corrected chi connectivity index (χ1v) is 8.42. The highest BCUT2D eigenvalue weighted by atomic mass is 32.2. The first kappa shape index (κ1) is 14.2. The van der Waals surface area contributed by atoms with Crippen molar-refractivity contribution < 1.29 is 22.5 Å². The predicted molar refractivity (Wildman–Crippen MR) is 66.5 cm³/mol. The number of hydrogen-bond donors (Lipinski definition) is 1. The summed E-state index contributed by atoms with van der Waals surface area (Å²) in [6, 6.07) is 0. The molecule has 0 unspecified atom stereocenters. The van der Waals surface area contributed by atoms with Crippen LogP contribution in [0.4, 0.5) is 0 Å². The lowest BCUT2D eigenvalue weighted by atomic mass is 10.6. The molecule has 1 aliphatic rings. The summed E-state index contributed by atoms with van der Waals surface area (Å²) >= 11 is 0. The summed E-state index contributed by atoms with van der Waals surface area (Å²) in [7, 11) is -4.64. The zero-order valence-electron chi connectivity index (χ0n) is 9.93. The molecular weight excluding hydrogens is 294 g/mol. The third-order valence-electron chi connectivity index (χ3n) is 2.68. The number of hydrogen-bond acceptors (Lipinski definition) is 5. The lowest BCUT2D eigenvalue weighted by molar-refractivity contribution is -0.137. The molecule has 1 fully saturated rings. The van der Waals surface area contributed by atoms with Gasteiger partial charge in [-0.25, -0.2) is 8.42 Å². The molecule has 1 aromatic rings. The molecule has 0 amide bonds. The standard InChI is InChI=1S/C9H13N3O5S2/c13-9(14)7-11-6-8(5-10-11)19(16,17)12-1-3-18(15)4-2-12/h5-6H,1-4,7H2,(H,13,14). The van der Waals surface area contributed by atoms with Gasteiger partial charge in [0.05, 0.1) is 6.20 Å². The smallest absolute Gasteiger partial charge is 0.325 e. The number of nitrogens with zero attached hydrogens (tertiary/aromatic N) is 3. The molecule has 0 radical (unpaired) electrons. The Morgan fingerprint density at radius 2 is 2.05 bits per heavy atom. The molecule has 19 heavy (non-hydrogen) atoms. The van der Waals surface area contributed by atoms with E-state index in [0.29, 0.717) is 11.5 Å². The Labute approximate surface area is 112 Å². The highest BCUT2D eigenvalue weighted by molar-refractivity contribution is 7.89. The fourth-order valence-electron chi connectivity index (χ4n) is 1.71. The van der Waals surface area contributed by atoms with Gasteiger partial charge >= 0.3 is 5.97 Å². The quantitative estimate of drug-likeness (QED) is 0.742. The monoisotopic (exact) mass is 307 g/mol. The van der Waals surface area contributed by atoms with Gasteiger partial charge in [0.2, 0.25) is 10.0 Å². The lowest BCUT2D eigenvalue weighted by Gasteiger charge is -2.24. The van der Waals surface area contributed by atoms with Crippen molar-refractivity contribution >= 4 is 26.8 Å². The van der Waals surface area contributed by atoms with Crippen LogP contribution in [-0.2, 0) is 32.2 Å². The van der Waals surface area contributed by atoms with Crippen LogP contribution >= 0.6 is 0 Å². The first-order chi connectivity index (χ1) is 8.89. The minimum atomic E-state index is -3.68. The van der Waals surface area contributed by atoms with E-state index in [1.807, 2.05) is 0 Å². The van der Waals surface area contributed by atoms with Crippen molar-refractivity contribution in [3.8, 4) is 0 Å². The molecule has 1 N–H and O–H groups in total. The van der Waals surface area contributed by atoms with E-state index in [0.717, 1.165) is 10.9 Å². The van der Waals surface area contributed by atoms with E-state index in [-0.39, 0.29) is 24.5 Å². The van der Waals surface area contributed by atoms with Crippen LogP contribution in [0.1, 0.15) is 0 Å². The van der Waals surface area contributed by atoms with E-state index in [4.69, 9.17) is 5.11 Å². The minimum absolute atomic E-state index is 0.0403. The molecule has 0 aliphatic carbocycles. The van der Waals surface area contributed by atoms with Crippen LogP contribution in [0, 0.1) is 0 Å².